The average molecular weight is 655 g/mol. The van der Waals surface area contributed by atoms with Crippen LogP contribution in [0.4, 0.5) is 0 Å². The second-order valence-corrected chi connectivity index (χ2v) is 15.8. The van der Waals surface area contributed by atoms with Crippen LogP contribution < -0.4 is 4.74 Å². The molecule has 10 heteroatoms. The van der Waals surface area contributed by atoms with Gasteiger partial charge in [0.1, 0.15) is 21.8 Å². The van der Waals surface area contributed by atoms with Crippen molar-refractivity contribution in [3.63, 3.8) is 0 Å². The zero-order chi connectivity index (χ0) is 30.9. The van der Waals surface area contributed by atoms with E-state index in [0.29, 0.717) is 17.7 Å². The summed E-state index contributed by atoms with van der Waals surface area (Å²) in [5.74, 6) is -1.03. The van der Waals surface area contributed by atoms with Gasteiger partial charge in [0.15, 0.2) is 0 Å². The van der Waals surface area contributed by atoms with Crippen molar-refractivity contribution in [3.8, 4) is 16.2 Å². The van der Waals surface area contributed by atoms with Gasteiger partial charge in [-0.15, -0.1) is 0 Å². The lowest BCUT2D eigenvalue weighted by Gasteiger charge is -2.36. The van der Waals surface area contributed by atoms with Gasteiger partial charge in [-0.25, -0.2) is 4.79 Å². The first-order valence-electron chi connectivity index (χ1n) is 15.4. The number of epoxide rings is 1. The quantitative estimate of drug-likeness (QED) is 0.0538. The van der Waals surface area contributed by atoms with E-state index in [2.05, 4.69) is 25.7 Å². The molecule has 5 atom stereocenters. The Morgan fingerprint density at radius 1 is 1.05 bits per heavy atom. The molecule has 0 amide bonds. The Labute approximate surface area is 270 Å². The Balaban J connectivity index is 1.09. The Hall–Kier alpha value is -2.66. The van der Waals surface area contributed by atoms with Gasteiger partial charge >= 0.3 is 17.9 Å². The molecule has 2 aliphatic heterocycles. The third-order valence-electron chi connectivity index (χ3n) is 9.67. The van der Waals surface area contributed by atoms with Gasteiger partial charge < -0.3 is 18.9 Å². The van der Waals surface area contributed by atoms with E-state index in [4.69, 9.17) is 31.2 Å². The number of rotatable bonds is 8. The number of hydrogen-bond acceptors (Lipinski definition) is 10. The van der Waals surface area contributed by atoms with E-state index in [-0.39, 0.29) is 54.9 Å². The molecule has 0 radical (unpaired) electrons. The summed E-state index contributed by atoms with van der Waals surface area (Å²) >= 11 is 5.24. The van der Waals surface area contributed by atoms with Crippen molar-refractivity contribution >= 4 is 50.8 Å². The molecule has 1 aromatic carbocycles. The van der Waals surface area contributed by atoms with Crippen molar-refractivity contribution in [3.05, 3.63) is 58.5 Å². The summed E-state index contributed by atoms with van der Waals surface area (Å²) in [6, 6.07) is 9.42. The van der Waals surface area contributed by atoms with Gasteiger partial charge in [-0.3, -0.25) is 9.59 Å². The van der Waals surface area contributed by atoms with Crippen molar-refractivity contribution in [2.24, 2.45) is 17.3 Å². The molecule has 234 valence electrons. The highest BCUT2D eigenvalue weighted by molar-refractivity contribution is 7.80. The molecule has 4 aliphatic rings. The maximum Gasteiger partial charge on any atom is 0.334 e. The predicted octanol–water partition coefficient (Wildman–Crippen LogP) is 8.00. The summed E-state index contributed by atoms with van der Waals surface area (Å²) in [5.41, 5.74) is 0.633. The van der Waals surface area contributed by atoms with Crippen LogP contribution >= 0.6 is 32.9 Å². The number of allylic oxidation sites excluding steroid dienone is 2. The van der Waals surface area contributed by atoms with E-state index in [1.807, 2.05) is 18.2 Å². The second kappa shape index (κ2) is 13.0. The molecule has 0 bridgehead atoms. The van der Waals surface area contributed by atoms with Crippen molar-refractivity contribution in [2.75, 3.05) is 6.61 Å². The normalized spacial score (nSPS) is 29.9. The van der Waals surface area contributed by atoms with Gasteiger partial charge in [0, 0.05) is 22.3 Å². The van der Waals surface area contributed by atoms with Crippen molar-refractivity contribution < 1.29 is 33.3 Å². The SMILES string of the molecule is C=C1C(=O)O[C@H]2[C@H]1C(COC(=O)CC1(CC(=O)Oc3ccc(-c4cc(=S)ss4)cc3)CCCCC1)C/C=C\CC[C@@]1(C)O[C@@H]21. The smallest absolute Gasteiger partial charge is 0.334 e. The van der Waals surface area contributed by atoms with Crippen LogP contribution in [0, 0.1) is 21.1 Å². The molecule has 3 heterocycles. The Bertz CT molecular complexity index is 1500. The molecular weight excluding hydrogens is 617 g/mol. The fraction of sp³-hybridized carbons (Fsp3) is 0.529. The lowest BCUT2D eigenvalue weighted by molar-refractivity contribution is -0.151. The van der Waals surface area contributed by atoms with Gasteiger partial charge in [-0.2, -0.15) is 0 Å². The van der Waals surface area contributed by atoms with Crippen LogP contribution in [0.15, 0.2) is 54.6 Å². The molecule has 0 spiro atoms. The molecular formula is C34H38O7S3. The minimum atomic E-state index is -0.497. The summed E-state index contributed by atoms with van der Waals surface area (Å²) in [6.07, 6.45) is 10.9. The van der Waals surface area contributed by atoms with E-state index in [9.17, 15) is 14.4 Å². The first-order chi connectivity index (χ1) is 21.1. The van der Waals surface area contributed by atoms with Gasteiger partial charge in [0.2, 0.25) is 0 Å². The molecule has 7 nitrogen and oxygen atoms in total. The van der Waals surface area contributed by atoms with E-state index >= 15 is 0 Å². The molecule has 2 aliphatic carbocycles. The number of esters is 3. The number of hydrogen-bond donors (Lipinski definition) is 0. The molecule has 44 heavy (non-hydrogen) atoms. The lowest BCUT2D eigenvalue weighted by Crippen LogP contribution is -2.36. The van der Waals surface area contributed by atoms with Gasteiger partial charge in [0.05, 0.1) is 25.0 Å². The molecule has 1 aromatic heterocycles. The van der Waals surface area contributed by atoms with Crippen LogP contribution in [0.2, 0.25) is 0 Å². The molecule has 6 rings (SSSR count). The predicted molar refractivity (Wildman–Crippen MR) is 172 cm³/mol. The third-order valence-corrected chi connectivity index (χ3v) is 12.6. The standard InChI is InChI=1S/C34H38O7S3/c1-21-29-23(9-5-3-6-14-33(2)31(41-33)30(29)40-32(21)37)20-38-26(35)18-34(15-7-4-8-16-34)19-27(36)39-24-12-10-22(11-13-24)25-17-28(42)44-43-25/h3,5,10-13,17,23,29-31H,1,4,6-9,14-16,18-20H2,2H3/b5-3-/t23?,29-,30+,31+,33-/m1/s1. The first-order valence-corrected chi connectivity index (χ1v) is 18.0. The molecule has 0 N–H and O–H groups in total. The van der Waals surface area contributed by atoms with Crippen LogP contribution in [-0.4, -0.2) is 42.3 Å². The van der Waals surface area contributed by atoms with Crippen molar-refractivity contribution in [2.45, 2.75) is 88.9 Å². The van der Waals surface area contributed by atoms with Crippen LogP contribution in [0.5, 0.6) is 5.75 Å². The molecule has 1 saturated carbocycles. The van der Waals surface area contributed by atoms with E-state index in [0.717, 1.165) is 59.2 Å². The van der Waals surface area contributed by atoms with Gasteiger partial charge in [-0.1, -0.05) is 70.9 Å². The maximum atomic E-state index is 13.4. The fourth-order valence-electron chi connectivity index (χ4n) is 7.17. The summed E-state index contributed by atoms with van der Waals surface area (Å²) in [7, 11) is 3.19. The number of fused-ring (bicyclic) bond motifs is 3. The summed E-state index contributed by atoms with van der Waals surface area (Å²) in [5, 5.41) is 0. The van der Waals surface area contributed by atoms with Crippen LogP contribution in [0.3, 0.4) is 0 Å². The number of carbonyl (C=O) groups excluding carboxylic acids is 3. The average Bonchev–Trinajstić information content (AvgIpc) is 3.30. The number of carbonyl (C=O) groups is 3. The number of ether oxygens (including phenoxy) is 4. The zero-order valence-electron chi connectivity index (χ0n) is 24.9. The van der Waals surface area contributed by atoms with Gasteiger partial charge in [0.25, 0.3) is 0 Å². The molecule has 2 saturated heterocycles. The minimum absolute atomic E-state index is 0.147. The highest BCUT2D eigenvalue weighted by Crippen LogP contribution is 2.51. The maximum absolute atomic E-state index is 13.4. The Morgan fingerprint density at radius 2 is 1.80 bits per heavy atom. The fourth-order valence-corrected chi connectivity index (χ4v) is 9.57. The number of benzene rings is 1. The van der Waals surface area contributed by atoms with Crippen molar-refractivity contribution in [1.82, 2.24) is 0 Å². The largest absolute Gasteiger partial charge is 0.465 e. The van der Waals surface area contributed by atoms with Crippen LogP contribution in [0.25, 0.3) is 10.4 Å². The summed E-state index contributed by atoms with van der Waals surface area (Å²) in [4.78, 5) is 40.2. The first kappa shape index (κ1) is 31.3. The highest BCUT2D eigenvalue weighted by atomic mass is 32.9. The van der Waals surface area contributed by atoms with Crippen LogP contribution in [0.1, 0.15) is 71.1 Å². The van der Waals surface area contributed by atoms with Crippen molar-refractivity contribution in [1.29, 1.82) is 0 Å². The lowest BCUT2D eigenvalue weighted by atomic mass is 9.69. The monoisotopic (exact) mass is 654 g/mol. The molecule has 3 fully saturated rings. The van der Waals surface area contributed by atoms with E-state index < -0.39 is 17.5 Å². The Kier molecular flexibility index (Phi) is 9.25. The summed E-state index contributed by atoms with van der Waals surface area (Å²) in [6.45, 7) is 6.25. The van der Waals surface area contributed by atoms with Crippen LogP contribution in [-0.2, 0) is 28.6 Å². The third kappa shape index (κ3) is 6.93. The van der Waals surface area contributed by atoms with Gasteiger partial charge in [-0.05, 0) is 80.3 Å². The molecule has 1 unspecified atom stereocenters. The second-order valence-electron chi connectivity index (χ2n) is 12.9. The zero-order valence-corrected chi connectivity index (χ0v) is 27.4. The minimum Gasteiger partial charge on any atom is -0.465 e. The molecule has 2 aromatic rings. The Morgan fingerprint density at radius 3 is 2.52 bits per heavy atom. The highest BCUT2D eigenvalue weighted by Gasteiger charge is 2.62. The van der Waals surface area contributed by atoms with E-state index in [1.54, 1.807) is 32.8 Å². The van der Waals surface area contributed by atoms with E-state index in [1.165, 1.54) is 0 Å². The summed E-state index contributed by atoms with van der Waals surface area (Å²) < 4.78 is 24.3. The topological polar surface area (TPSA) is 91.4 Å².